The Morgan fingerprint density at radius 2 is 0.818 bits per heavy atom. The second-order valence-electron chi connectivity index (χ2n) is 7.60. The first-order valence-electron chi connectivity index (χ1n) is 8.15. The molecule has 0 N–H and O–H groups in total. The third-order valence-corrected chi connectivity index (χ3v) is 5.40. The van der Waals surface area contributed by atoms with Gasteiger partial charge in [-0.15, -0.1) is 0 Å². The molecule has 0 radical (unpaired) electrons. The molecular weight excluding hydrogens is 343 g/mol. The van der Waals surface area contributed by atoms with Crippen LogP contribution in [0.1, 0.15) is 69.2 Å². The first kappa shape index (κ1) is 21.8. The molecule has 0 amide bonds. The molecule has 0 bridgehead atoms. The van der Waals surface area contributed by atoms with Crippen LogP contribution in [0, 0.1) is 10.8 Å². The summed E-state index contributed by atoms with van der Waals surface area (Å²) in [4.78, 5) is 0. The van der Waals surface area contributed by atoms with Gasteiger partial charge < -0.3 is 0 Å². The fourth-order valence-corrected chi connectivity index (χ4v) is 3.07. The predicted octanol–water partition coefficient (Wildman–Crippen LogP) is 7.20. The van der Waals surface area contributed by atoms with Gasteiger partial charge in [0, 0.05) is 10.8 Å². The van der Waals surface area contributed by atoms with Gasteiger partial charge in [-0.2, -0.15) is 0 Å². The van der Waals surface area contributed by atoms with Crippen molar-refractivity contribution in [2.24, 2.45) is 10.8 Å². The summed E-state index contributed by atoms with van der Waals surface area (Å²) in [5.41, 5.74) is 9.51. The maximum absolute atomic E-state index is 2.34. The molecule has 2 aliphatic carbocycles. The van der Waals surface area contributed by atoms with Gasteiger partial charge in [0.25, 0.3) is 0 Å². The minimum atomic E-state index is 0.314. The SMILES string of the molecule is CC1=CC(C)(C)C(C)=C1C.CC1=CC(C)(C)C(C)=C1C.[CH3][Zr]. The van der Waals surface area contributed by atoms with Crippen molar-refractivity contribution in [3.8, 4) is 0 Å². The van der Waals surface area contributed by atoms with Crippen LogP contribution in [0.2, 0.25) is 4.63 Å². The number of hydrogen-bond donors (Lipinski definition) is 0. The van der Waals surface area contributed by atoms with E-state index in [4.69, 9.17) is 0 Å². The molecule has 123 valence electrons. The van der Waals surface area contributed by atoms with Crippen molar-refractivity contribution in [2.75, 3.05) is 0 Å². The Morgan fingerprint density at radius 1 is 0.591 bits per heavy atom. The summed E-state index contributed by atoms with van der Waals surface area (Å²) in [6.45, 7) is 22.3. The average molecular weight is 379 g/mol. The molecule has 1 heteroatoms. The monoisotopic (exact) mass is 377 g/mol. The molecule has 2 rings (SSSR count). The van der Waals surface area contributed by atoms with E-state index in [2.05, 4.69) is 86.0 Å². The topological polar surface area (TPSA) is 0 Å². The van der Waals surface area contributed by atoms with Gasteiger partial charge >= 0.3 is 29.4 Å². The quantitative estimate of drug-likeness (QED) is 0.418. The summed E-state index contributed by atoms with van der Waals surface area (Å²) in [7, 11) is 0. The van der Waals surface area contributed by atoms with Crippen LogP contribution in [0.3, 0.4) is 0 Å². The molecule has 0 aromatic rings. The Hall–Kier alpha value is -0.157. The second kappa shape index (κ2) is 8.09. The van der Waals surface area contributed by atoms with E-state index in [1.165, 1.54) is 33.4 Å². The van der Waals surface area contributed by atoms with E-state index in [1.807, 2.05) is 0 Å². The van der Waals surface area contributed by atoms with Crippen molar-refractivity contribution in [1.82, 2.24) is 0 Å². The molecule has 0 saturated carbocycles. The second-order valence-corrected chi connectivity index (χ2v) is 7.60. The van der Waals surface area contributed by atoms with E-state index < -0.39 is 0 Å². The normalized spacial score (nSPS) is 21.5. The molecule has 0 spiro atoms. The summed E-state index contributed by atoms with van der Waals surface area (Å²) in [6, 6.07) is 0. The third-order valence-electron chi connectivity index (χ3n) is 5.40. The fraction of sp³-hybridized carbons (Fsp3) is 0.619. The number of allylic oxidation sites excluding steroid dienone is 8. The van der Waals surface area contributed by atoms with Crippen molar-refractivity contribution in [3.63, 3.8) is 0 Å². The third kappa shape index (κ3) is 4.92. The molecule has 0 saturated heterocycles. The average Bonchev–Trinajstić information content (AvgIpc) is 2.72. The Bertz CT molecular complexity index is 484. The molecule has 0 aromatic heterocycles. The molecule has 0 fully saturated rings. The van der Waals surface area contributed by atoms with Crippen LogP contribution in [0.25, 0.3) is 0 Å². The van der Waals surface area contributed by atoms with E-state index >= 15 is 0 Å². The van der Waals surface area contributed by atoms with Gasteiger partial charge in [-0.05, 0) is 52.7 Å². The van der Waals surface area contributed by atoms with Gasteiger partial charge in [0.05, 0.1) is 0 Å². The van der Waals surface area contributed by atoms with Crippen molar-refractivity contribution < 1.29 is 24.7 Å². The van der Waals surface area contributed by atoms with Gasteiger partial charge in [0.2, 0.25) is 0 Å². The summed E-state index contributed by atoms with van der Waals surface area (Å²) < 4.78 is 2.09. The Kier molecular flexibility index (Phi) is 8.04. The molecule has 0 nitrogen and oxygen atoms in total. The van der Waals surface area contributed by atoms with Crippen LogP contribution >= 0.6 is 0 Å². The van der Waals surface area contributed by atoms with Gasteiger partial charge in [-0.25, -0.2) is 0 Å². The van der Waals surface area contributed by atoms with Gasteiger partial charge in [0.1, 0.15) is 0 Å². The summed E-state index contributed by atoms with van der Waals surface area (Å²) >= 11 is 1.55. The van der Waals surface area contributed by atoms with Gasteiger partial charge in [-0.1, -0.05) is 62.1 Å². The van der Waals surface area contributed by atoms with E-state index in [0.29, 0.717) is 10.8 Å². The molecular formula is C21H35Zr. The molecule has 0 atom stereocenters. The zero-order chi connectivity index (χ0) is 17.9. The van der Waals surface area contributed by atoms with Crippen LogP contribution in [0.4, 0.5) is 0 Å². The summed E-state index contributed by atoms with van der Waals surface area (Å²) in [5, 5.41) is 0. The van der Waals surface area contributed by atoms with Crippen LogP contribution in [-0.2, 0) is 24.7 Å². The van der Waals surface area contributed by atoms with Crippen molar-refractivity contribution in [1.29, 1.82) is 0 Å². The van der Waals surface area contributed by atoms with Crippen LogP contribution in [0.5, 0.6) is 0 Å². The van der Waals surface area contributed by atoms with Crippen LogP contribution < -0.4 is 0 Å². The predicted molar refractivity (Wildman–Crippen MR) is 97.7 cm³/mol. The first-order chi connectivity index (χ1) is 9.90. The molecule has 2 aliphatic rings. The summed E-state index contributed by atoms with van der Waals surface area (Å²) in [5.74, 6) is 0. The van der Waals surface area contributed by atoms with Crippen molar-refractivity contribution in [2.45, 2.75) is 73.9 Å². The standard InChI is InChI=1S/2C10H16.CH3.Zr/c2*1-7-6-10(4,5)9(3)8(7)2;;/h2*6H,1-5H3;1H3;. The molecule has 0 aromatic carbocycles. The van der Waals surface area contributed by atoms with E-state index in [-0.39, 0.29) is 0 Å². The molecule has 0 aliphatic heterocycles. The Balaban J connectivity index is 0.000000360. The zero-order valence-corrected chi connectivity index (χ0v) is 19.1. The Morgan fingerprint density at radius 3 is 0.864 bits per heavy atom. The van der Waals surface area contributed by atoms with Gasteiger partial charge in [-0.3, -0.25) is 0 Å². The molecule has 22 heavy (non-hydrogen) atoms. The number of hydrogen-bond acceptors (Lipinski definition) is 0. The fourth-order valence-electron chi connectivity index (χ4n) is 3.07. The summed E-state index contributed by atoms with van der Waals surface area (Å²) in [6.07, 6.45) is 4.69. The first-order valence-corrected chi connectivity index (χ1v) is 10.6. The molecule has 0 unspecified atom stereocenters. The van der Waals surface area contributed by atoms with Crippen molar-refractivity contribution >= 4 is 0 Å². The molecule has 0 heterocycles. The van der Waals surface area contributed by atoms with Crippen LogP contribution in [-0.4, -0.2) is 0 Å². The zero-order valence-electron chi connectivity index (χ0n) is 16.7. The minimum absolute atomic E-state index is 0.314. The van der Waals surface area contributed by atoms with E-state index in [1.54, 1.807) is 24.7 Å². The van der Waals surface area contributed by atoms with Gasteiger partial charge in [0.15, 0.2) is 0 Å². The van der Waals surface area contributed by atoms with E-state index in [0.717, 1.165) is 0 Å². The van der Waals surface area contributed by atoms with Crippen LogP contribution in [0.15, 0.2) is 45.6 Å². The van der Waals surface area contributed by atoms with E-state index in [9.17, 15) is 0 Å². The van der Waals surface area contributed by atoms with Crippen molar-refractivity contribution in [3.05, 3.63) is 45.6 Å². The maximum atomic E-state index is 2.34. The number of rotatable bonds is 0. The Labute approximate surface area is 154 Å².